The van der Waals surface area contributed by atoms with Gasteiger partial charge in [-0.05, 0) is 24.3 Å². The van der Waals surface area contributed by atoms with Gasteiger partial charge in [-0.1, -0.05) is 24.3 Å². The Bertz CT molecular complexity index is 949. The highest BCUT2D eigenvalue weighted by Gasteiger charge is 2.10. The molecular weight excluding hydrogens is 226 g/mol. The van der Waals surface area contributed by atoms with Crippen LogP contribution in [0.5, 0.6) is 0 Å². The molecule has 1 N–H and O–H groups in total. The lowest BCUT2D eigenvalue weighted by atomic mass is 10.3. The molecule has 0 radical (unpaired) electrons. The number of benzene rings is 2. The van der Waals surface area contributed by atoms with E-state index in [-0.39, 0.29) is 5.56 Å². The second-order valence-electron chi connectivity index (χ2n) is 4.23. The minimum atomic E-state index is -0.162. The molecule has 0 aliphatic rings. The first-order chi connectivity index (χ1) is 8.84. The standard InChI is InChI=1S/C14H9N3O/c18-14-13-15-9-5-1-3-7-11(9)17(13)12-8-4-2-6-10(12)16-14/h1-8H,(H,16,18). The van der Waals surface area contributed by atoms with E-state index in [1.165, 1.54) is 0 Å². The molecule has 2 heterocycles. The van der Waals surface area contributed by atoms with Crippen LogP contribution in [0.2, 0.25) is 0 Å². The van der Waals surface area contributed by atoms with Gasteiger partial charge in [-0.2, -0.15) is 0 Å². The highest BCUT2D eigenvalue weighted by molar-refractivity contribution is 5.88. The number of H-pyrrole nitrogens is 1. The topological polar surface area (TPSA) is 50.2 Å². The maximum atomic E-state index is 12.0. The molecule has 4 rings (SSSR count). The maximum Gasteiger partial charge on any atom is 0.292 e. The number of aromatic nitrogens is 3. The maximum absolute atomic E-state index is 12.0. The van der Waals surface area contributed by atoms with Crippen molar-refractivity contribution in [3.63, 3.8) is 0 Å². The lowest BCUT2D eigenvalue weighted by molar-refractivity contribution is 1.19. The van der Waals surface area contributed by atoms with Crippen molar-refractivity contribution in [2.75, 3.05) is 0 Å². The number of rotatable bonds is 0. The number of nitrogens with one attached hydrogen (secondary N) is 1. The van der Waals surface area contributed by atoms with Crippen molar-refractivity contribution in [3.05, 3.63) is 58.9 Å². The molecule has 0 aliphatic carbocycles. The molecule has 4 heteroatoms. The highest BCUT2D eigenvalue weighted by atomic mass is 16.1. The smallest absolute Gasteiger partial charge is 0.292 e. The second kappa shape index (κ2) is 3.20. The average molecular weight is 235 g/mol. The van der Waals surface area contributed by atoms with Crippen LogP contribution in [0.25, 0.3) is 27.7 Å². The van der Waals surface area contributed by atoms with Crippen LogP contribution in [0.1, 0.15) is 0 Å². The van der Waals surface area contributed by atoms with Crippen LogP contribution in [0, 0.1) is 0 Å². The molecule has 0 unspecified atom stereocenters. The van der Waals surface area contributed by atoms with Gasteiger partial charge in [-0.3, -0.25) is 9.20 Å². The summed E-state index contributed by atoms with van der Waals surface area (Å²) in [7, 11) is 0. The van der Waals surface area contributed by atoms with Crippen molar-refractivity contribution < 1.29 is 0 Å². The van der Waals surface area contributed by atoms with E-state index >= 15 is 0 Å². The van der Waals surface area contributed by atoms with Gasteiger partial charge in [0.25, 0.3) is 5.56 Å². The third kappa shape index (κ3) is 1.09. The molecule has 0 saturated heterocycles. The molecule has 86 valence electrons. The van der Waals surface area contributed by atoms with Gasteiger partial charge >= 0.3 is 0 Å². The number of aromatic amines is 1. The fourth-order valence-electron chi connectivity index (χ4n) is 2.37. The highest BCUT2D eigenvalue weighted by Crippen LogP contribution is 2.19. The van der Waals surface area contributed by atoms with E-state index in [0.29, 0.717) is 5.65 Å². The van der Waals surface area contributed by atoms with Crippen LogP contribution in [-0.2, 0) is 0 Å². The number of imidazole rings is 1. The largest absolute Gasteiger partial charge is 0.317 e. The SMILES string of the molecule is O=c1[nH]c2ccccc2n2c1nc1ccccc12. The lowest BCUT2D eigenvalue weighted by Gasteiger charge is -2.01. The first-order valence-corrected chi connectivity index (χ1v) is 5.73. The summed E-state index contributed by atoms with van der Waals surface area (Å²) in [6.07, 6.45) is 0. The Hall–Kier alpha value is -2.62. The molecule has 0 atom stereocenters. The number of hydrogen-bond donors (Lipinski definition) is 1. The summed E-state index contributed by atoms with van der Waals surface area (Å²) in [5.74, 6) is 0. The van der Waals surface area contributed by atoms with Crippen LogP contribution in [0.3, 0.4) is 0 Å². The molecule has 0 amide bonds. The number of hydrogen-bond acceptors (Lipinski definition) is 2. The summed E-state index contributed by atoms with van der Waals surface area (Å²) in [5, 5.41) is 0. The third-order valence-electron chi connectivity index (χ3n) is 3.16. The Morgan fingerprint density at radius 3 is 2.56 bits per heavy atom. The first-order valence-electron chi connectivity index (χ1n) is 5.73. The second-order valence-corrected chi connectivity index (χ2v) is 4.23. The minimum Gasteiger partial charge on any atom is -0.317 e. The number of nitrogens with zero attached hydrogens (tertiary/aromatic N) is 2. The van der Waals surface area contributed by atoms with Gasteiger partial charge in [0.2, 0.25) is 5.65 Å². The fourth-order valence-corrected chi connectivity index (χ4v) is 2.37. The summed E-state index contributed by atoms with van der Waals surface area (Å²) in [5.41, 5.74) is 3.84. The van der Waals surface area contributed by atoms with Crippen molar-refractivity contribution in [1.29, 1.82) is 0 Å². The molecule has 0 saturated carbocycles. The Kier molecular flexibility index (Phi) is 1.67. The van der Waals surface area contributed by atoms with Crippen LogP contribution in [0.15, 0.2) is 53.3 Å². The van der Waals surface area contributed by atoms with Crippen molar-refractivity contribution in [2.45, 2.75) is 0 Å². The summed E-state index contributed by atoms with van der Waals surface area (Å²) in [6, 6.07) is 15.5. The minimum absolute atomic E-state index is 0.162. The Labute approximate surface area is 102 Å². The first kappa shape index (κ1) is 9.41. The van der Waals surface area contributed by atoms with Gasteiger partial charge in [0.1, 0.15) is 0 Å². The van der Waals surface area contributed by atoms with Gasteiger partial charge in [0, 0.05) is 0 Å². The summed E-state index contributed by atoms with van der Waals surface area (Å²) >= 11 is 0. The average Bonchev–Trinajstić information content (AvgIpc) is 2.79. The van der Waals surface area contributed by atoms with Crippen molar-refractivity contribution in [1.82, 2.24) is 14.4 Å². The summed E-state index contributed by atoms with van der Waals surface area (Å²) in [6.45, 7) is 0. The Morgan fingerprint density at radius 2 is 1.67 bits per heavy atom. The molecule has 2 aromatic heterocycles. The summed E-state index contributed by atoms with van der Waals surface area (Å²) < 4.78 is 1.91. The quantitative estimate of drug-likeness (QED) is 0.508. The van der Waals surface area contributed by atoms with E-state index in [4.69, 9.17) is 0 Å². The van der Waals surface area contributed by atoms with E-state index in [0.717, 1.165) is 22.1 Å². The van der Waals surface area contributed by atoms with Crippen LogP contribution in [0.4, 0.5) is 0 Å². The predicted octanol–water partition coefficient (Wildman–Crippen LogP) is 2.33. The van der Waals surface area contributed by atoms with Crippen molar-refractivity contribution in [2.24, 2.45) is 0 Å². The number of fused-ring (bicyclic) bond motifs is 5. The Morgan fingerprint density at radius 1 is 0.944 bits per heavy atom. The molecule has 4 nitrogen and oxygen atoms in total. The van der Waals surface area contributed by atoms with Gasteiger partial charge in [-0.25, -0.2) is 4.98 Å². The number of para-hydroxylation sites is 4. The van der Waals surface area contributed by atoms with Gasteiger partial charge in [0.05, 0.1) is 22.1 Å². The van der Waals surface area contributed by atoms with Crippen molar-refractivity contribution >= 4 is 27.7 Å². The fraction of sp³-hybridized carbons (Fsp3) is 0. The van der Waals surface area contributed by atoms with Gasteiger partial charge < -0.3 is 4.98 Å². The van der Waals surface area contributed by atoms with Gasteiger partial charge in [-0.15, -0.1) is 0 Å². The molecule has 0 aliphatic heterocycles. The molecule has 2 aromatic carbocycles. The van der Waals surface area contributed by atoms with E-state index in [2.05, 4.69) is 9.97 Å². The molecule has 0 fully saturated rings. The Balaban J connectivity index is 2.45. The van der Waals surface area contributed by atoms with E-state index in [1.54, 1.807) is 0 Å². The zero-order chi connectivity index (χ0) is 12.1. The summed E-state index contributed by atoms with van der Waals surface area (Å²) in [4.78, 5) is 19.3. The van der Waals surface area contributed by atoms with Crippen molar-refractivity contribution in [3.8, 4) is 0 Å². The molecule has 4 aromatic rings. The van der Waals surface area contributed by atoms with Gasteiger partial charge in [0.15, 0.2) is 0 Å². The lowest BCUT2D eigenvalue weighted by Crippen LogP contribution is -2.10. The predicted molar refractivity (Wildman–Crippen MR) is 70.8 cm³/mol. The zero-order valence-electron chi connectivity index (χ0n) is 9.42. The molecule has 18 heavy (non-hydrogen) atoms. The van der Waals surface area contributed by atoms with E-state index in [1.807, 2.05) is 52.9 Å². The monoisotopic (exact) mass is 235 g/mol. The molecule has 0 spiro atoms. The molecular formula is C14H9N3O. The van der Waals surface area contributed by atoms with E-state index < -0.39 is 0 Å². The molecule has 0 bridgehead atoms. The van der Waals surface area contributed by atoms with E-state index in [9.17, 15) is 4.79 Å². The normalized spacial score (nSPS) is 11.6. The van der Waals surface area contributed by atoms with Crippen LogP contribution >= 0.6 is 0 Å². The zero-order valence-corrected chi connectivity index (χ0v) is 9.42. The third-order valence-corrected chi connectivity index (χ3v) is 3.16. The van der Waals surface area contributed by atoms with Crippen LogP contribution in [-0.4, -0.2) is 14.4 Å². The van der Waals surface area contributed by atoms with Crippen LogP contribution < -0.4 is 5.56 Å².